The van der Waals surface area contributed by atoms with E-state index in [4.69, 9.17) is 0 Å². The number of amides is 3. The molecule has 1 saturated heterocycles. The van der Waals surface area contributed by atoms with Crippen molar-refractivity contribution in [2.75, 3.05) is 25.5 Å². The standard InChI is InChI=1S/C24H29N5O2/c1-17-7-6-8-19(15-17)25-24(31)29-13-11-18(12-14-29)23(30)27(2)16-22-26-20-9-4-5-10-21(20)28(22)3/h4-10,15,18H,11-14,16H2,1-3H3,(H,25,31). The predicted molar refractivity (Wildman–Crippen MR) is 122 cm³/mol. The van der Waals surface area contributed by atoms with Gasteiger partial charge in [-0.3, -0.25) is 4.79 Å². The predicted octanol–water partition coefficient (Wildman–Crippen LogP) is 3.78. The van der Waals surface area contributed by atoms with Gasteiger partial charge in [0.05, 0.1) is 17.6 Å². The number of nitrogens with zero attached hydrogens (tertiary/aromatic N) is 4. The molecule has 7 heteroatoms. The van der Waals surface area contributed by atoms with E-state index in [1.54, 1.807) is 9.80 Å². The maximum Gasteiger partial charge on any atom is 0.321 e. The molecule has 0 bridgehead atoms. The van der Waals surface area contributed by atoms with E-state index < -0.39 is 0 Å². The lowest BCUT2D eigenvalue weighted by Crippen LogP contribution is -2.45. The fourth-order valence-corrected chi connectivity index (χ4v) is 4.19. The SMILES string of the molecule is Cc1cccc(NC(=O)N2CCC(C(=O)N(C)Cc3nc4ccccc4n3C)CC2)c1. The second kappa shape index (κ2) is 8.79. The largest absolute Gasteiger partial charge is 0.338 e. The van der Waals surface area contributed by atoms with E-state index in [0.717, 1.165) is 28.1 Å². The van der Waals surface area contributed by atoms with Crippen LogP contribution in [0.4, 0.5) is 10.5 Å². The number of benzene rings is 2. The number of para-hydroxylation sites is 2. The van der Waals surface area contributed by atoms with Crippen LogP contribution in [0.25, 0.3) is 11.0 Å². The van der Waals surface area contributed by atoms with Crippen LogP contribution in [-0.4, -0.2) is 51.4 Å². The van der Waals surface area contributed by atoms with Gasteiger partial charge in [-0.15, -0.1) is 0 Å². The van der Waals surface area contributed by atoms with Crippen molar-refractivity contribution >= 4 is 28.7 Å². The van der Waals surface area contributed by atoms with Crippen molar-refractivity contribution in [1.29, 1.82) is 0 Å². The molecule has 0 unspecified atom stereocenters. The zero-order valence-corrected chi connectivity index (χ0v) is 18.3. The summed E-state index contributed by atoms with van der Waals surface area (Å²) in [7, 11) is 3.81. The van der Waals surface area contributed by atoms with Gasteiger partial charge in [0.1, 0.15) is 5.82 Å². The van der Waals surface area contributed by atoms with E-state index in [-0.39, 0.29) is 17.9 Å². The van der Waals surface area contributed by atoms with Crippen LogP contribution in [-0.2, 0) is 18.4 Å². The van der Waals surface area contributed by atoms with E-state index in [1.807, 2.05) is 74.1 Å². The first-order chi connectivity index (χ1) is 14.9. The number of hydrogen-bond donors (Lipinski definition) is 1. The Morgan fingerprint density at radius 1 is 1.13 bits per heavy atom. The number of rotatable bonds is 4. The van der Waals surface area contributed by atoms with Crippen molar-refractivity contribution in [2.45, 2.75) is 26.3 Å². The summed E-state index contributed by atoms with van der Waals surface area (Å²) >= 11 is 0. The highest BCUT2D eigenvalue weighted by atomic mass is 16.2. The Labute approximate surface area is 182 Å². The molecule has 2 heterocycles. The average molecular weight is 420 g/mol. The van der Waals surface area contributed by atoms with Gasteiger partial charge >= 0.3 is 6.03 Å². The van der Waals surface area contributed by atoms with Gasteiger partial charge in [0.15, 0.2) is 0 Å². The third kappa shape index (κ3) is 4.55. The Morgan fingerprint density at radius 3 is 2.58 bits per heavy atom. The van der Waals surface area contributed by atoms with Crippen molar-refractivity contribution in [3.8, 4) is 0 Å². The van der Waals surface area contributed by atoms with Crippen molar-refractivity contribution in [3.05, 3.63) is 59.9 Å². The van der Waals surface area contributed by atoms with Gasteiger partial charge < -0.3 is 19.7 Å². The molecule has 31 heavy (non-hydrogen) atoms. The Morgan fingerprint density at radius 2 is 1.87 bits per heavy atom. The van der Waals surface area contributed by atoms with Crippen LogP contribution < -0.4 is 5.32 Å². The van der Waals surface area contributed by atoms with Crippen LogP contribution in [0.1, 0.15) is 24.2 Å². The van der Waals surface area contributed by atoms with E-state index in [9.17, 15) is 9.59 Å². The molecule has 1 aliphatic heterocycles. The summed E-state index contributed by atoms with van der Waals surface area (Å²) < 4.78 is 2.04. The number of anilines is 1. The van der Waals surface area contributed by atoms with Crippen LogP contribution >= 0.6 is 0 Å². The summed E-state index contributed by atoms with van der Waals surface area (Å²) in [5.74, 6) is 0.917. The highest BCUT2D eigenvalue weighted by molar-refractivity contribution is 5.89. The zero-order valence-electron chi connectivity index (χ0n) is 18.3. The molecule has 1 aliphatic rings. The minimum Gasteiger partial charge on any atom is -0.338 e. The van der Waals surface area contributed by atoms with Gasteiger partial charge in [-0.25, -0.2) is 9.78 Å². The Bertz CT molecular complexity index is 1100. The molecule has 0 saturated carbocycles. The van der Waals surface area contributed by atoms with Gasteiger partial charge in [0.25, 0.3) is 0 Å². The maximum atomic E-state index is 13.0. The van der Waals surface area contributed by atoms with Gasteiger partial charge in [0.2, 0.25) is 5.91 Å². The molecule has 7 nitrogen and oxygen atoms in total. The van der Waals surface area contributed by atoms with Gasteiger partial charge in [0, 0.05) is 38.8 Å². The van der Waals surface area contributed by atoms with E-state index >= 15 is 0 Å². The van der Waals surface area contributed by atoms with Crippen molar-refractivity contribution < 1.29 is 9.59 Å². The Hall–Kier alpha value is -3.35. The molecule has 1 N–H and O–H groups in total. The number of aromatic nitrogens is 2. The number of carbonyl (C=O) groups is 2. The number of carbonyl (C=O) groups excluding carboxylic acids is 2. The van der Waals surface area contributed by atoms with E-state index in [0.29, 0.717) is 32.5 Å². The summed E-state index contributed by atoms with van der Waals surface area (Å²) in [4.78, 5) is 33.8. The first kappa shape index (κ1) is 20.9. The van der Waals surface area contributed by atoms with Crippen molar-refractivity contribution in [2.24, 2.45) is 13.0 Å². The van der Waals surface area contributed by atoms with Crippen LogP contribution in [0.2, 0.25) is 0 Å². The second-order valence-electron chi connectivity index (χ2n) is 8.33. The molecule has 0 atom stereocenters. The first-order valence-corrected chi connectivity index (χ1v) is 10.7. The molecule has 3 amide bonds. The molecule has 3 aromatic rings. The van der Waals surface area contributed by atoms with Crippen LogP contribution in [0.3, 0.4) is 0 Å². The minimum absolute atomic E-state index is 0.0669. The molecule has 4 rings (SSSR count). The van der Waals surface area contributed by atoms with Crippen molar-refractivity contribution in [3.63, 3.8) is 0 Å². The quantitative estimate of drug-likeness (QED) is 0.700. The topological polar surface area (TPSA) is 70.5 Å². The van der Waals surface area contributed by atoms with E-state index in [1.165, 1.54) is 0 Å². The van der Waals surface area contributed by atoms with Crippen LogP contribution in [0.5, 0.6) is 0 Å². The molecule has 162 valence electrons. The van der Waals surface area contributed by atoms with Gasteiger partial charge in [-0.2, -0.15) is 0 Å². The lowest BCUT2D eigenvalue weighted by Gasteiger charge is -2.33. The average Bonchev–Trinajstić information content (AvgIpc) is 3.08. The summed E-state index contributed by atoms with van der Waals surface area (Å²) in [6, 6.07) is 15.6. The normalized spacial score (nSPS) is 14.6. The summed E-state index contributed by atoms with van der Waals surface area (Å²) in [6.45, 7) is 3.62. The number of urea groups is 1. The summed E-state index contributed by atoms with van der Waals surface area (Å²) in [5, 5.41) is 2.95. The lowest BCUT2D eigenvalue weighted by molar-refractivity contribution is -0.136. The summed E-state index contributed by atoms with van der Waals surface area (Å²) in [5.41, 5.74) is 3.90. The summed E-state index contributed by atoms with van der Waals surface area (Å²) in [6.07, 6.45) is 1.35. The number of piperidine rings is 1. The Kier molecular flexibility index (Phi) is 5.93. The molecule has 0 aliphatic carbocycles. The highest BCUT2D eigenvalue weighted by Gasteiger charge is 2.29. The monoisotopic (exact) mass is 419 g/mol. The fourth-order valence-electron chi connectivity index (χ4n) is 4.19. The molecular weight excluding hydrogens is 390 g/mol. The Balaban J connectivity index is 1.32. The number of fused-ring (bicyclic) bond motifs is 1. The number of aryl methyl sites for hydroxylation is 2. The van der Waals surface area contributed by atoms with Gasteiger partial charge in [-0.1, -0.05) is 24.3 Å². The zero-order chi connectivity index (χ0) is 22.0. The number of hydrogen-bond acceptors (Lipinski definition) is 3. The van der Waals surface area contributed by atoms with Crippen molar-refractivity contribution in [1.82, 2.24) is 19.4 Å². The number of imidazole rings is 1. The van der Waals surface area contributed by atoms with Gasteiger partial charge in [-0.05, 0) is 49.6 Å². The molecule has 0 spiro atoms. The number of likely N-dealkylation sites (tertiary alicyclic amines) is 1. The third-order valence-corrected chi connectivity index (χ3v) is 6.04. The van der Waals surface area contributed by atoms with Crippen LogP contribution in [0, 0.1) is 12.8 Å². The third-order valence-electron chi connectivity index (χ3n) is 6.04. The van der Waals surface area contributed by atoms with E-state index in [2.05, 4.69) is 10.3 Å². The molecular formula is C24H29N5O2. The first-order valence-electron chi connectivity index (χ1n) is 10.7. The number of nitrogens with one attached hydrogen (secondary N) is 1. The fraction of sp³-hybridized carbons (Fsp3) is 0.375. The molecule has 1 aromatic heterocycles. The minimum atomic E-state index is -0.107. The maximum absolute atomic E-state index is 13.0. The molecule has 2 aromatic carbocycles. The molecule has 0 radical (unpaired) electrons. The second-order valence-corrected chi connectivity index (χ2v) is 8.33. The lowest BCUT2D eigenvalue weighted by atomic mass is 9.95. The van der Waals surface area contributed by atoms with Crippen LogP contribution in [0.15, 0.2) is 48.5 Å². The highest BCUT2D eigenvalue weighted by Crippen LogP contribution is 2.22. The molecule has 1 fully saturated rings. The smallest absolute Gasteiger partial charge is 0.321 e.